The van der Waals surface area contributed by atoms with Crippen molar-refractivity contribution in [3.05, 3.63) is 0 Å². The lowest BCUT2D eigenvalue weighted by atomic mass is 10.0. The van der Waals surface area contributed by atoms with Gasteiger partial charge in [0.25, 0.3) is 0 Å². The van der Waals surface area contributed by atoms with Crippen LogP contribution in [0.25, 0.3) is 0 Å². The van der Waals surface area contributed by atoms with Gasteiger partial charge in [0, 0.05) is 39.1 Å². The van der Waals surface area contributed by atoms with Crippen LogP contribution in [0.4, 0.5) is 0 Å². The van der Waals surface area contributed by atoms with Gasteiger partial charge < -0.3 is 15.5 Å². The summed E-state index contributed by atoms with van der Waals surface area (Å²) in [5.41, 5.74) is 5.92. The first kappa shape index (κ1) is 12.8. The second-order valence-electron chi connectivity index (χ2n) is 5.82. The van der Waals surface area contributed by atoms with E-state index in [1.807, 2.05) is 0 Å². The lowest BCUT2D eigenvalue weighted by Gasteiger charge is -2.36. The molecule has 4 nitrogen and oxygen atoms in total. The van der Waals surface area contributed by atoms with Crippen LogP contribution >= 0.6 is 0 Å². The van der Waals surface area contributed by atoms with E-state index in [0.29, 0.717) is 11.3 Å². The van der Waals surface area contributed by atoms with Gasteiger partial charge in [-0.1, -0.05) is 6.92 Å². The second-order valence-corrected chi connectivity index (χ2v) is 5.82. The molecule has 0 aromatic rings. The molecule has 4 heteroatoms. The number of nitrogens with two attached hydrogens (primary N) is 1. The first-order valence-corrected chi connectivity index (χ1v) is 6.91. The molecule has 0 aromatic heterocycles. The van der Waals surface area contributed by atoms with E-state index in [-0.39, 0.29) is 0 Å². The second kappa shape index (κ2) is 5.36. The van der Waals surface area contributed by atoms with Crippen molar-refractivity contribution in [1.82, 2.24) is 9.80 Å². The van der Waals surface area contributed by atoms with Gasteiger partial charge in [-0.05, 0) is 31.2 Å². The van der Waals surface area contributed by atoms with Crippen LogP contribution in [0.2, 0.25) is 0 Å². The van der Waals surface area contributed by atoms with Gasteiger partial charge >= 0.3 is 0 Å². The molecule has 0 amide bonds. The highest BCUT2D eigenvalue weighted by atomic mass is 15.3. The van der Waals surface area contributed by atoms with Gasteiger partial charge in [0.1, 0.15) is 0 Å². The largest absolute Gasteiger partial charge is 0.388 e. The van der Waals surface area contributed by atoms with E-state index in [1.165, 1.54) is 52.0 Å². The molecule has 1 heterocycles. The van der Waals surface area contributed by atoms with Crippen molar-refractivity contribution in [3.8, 4) is 0 Å². The maximum Gasteiger partial charge on any atom is 0.0911 e. The molecule has 3 N–H and O–H groups in total. The standard InChI is InChI=1S/C13H26N4/c1-2-5-16-6-8-17(9-7-16)11-13(3-4-13)10-12(14)15/h2-11H2,1H3,(H3,14,15). The molecule has 1 aliphatic carbocycles. The van der Waals surface area contributed by atoms with E-state index in [9.17, 15) is 0 Å². The molecule has 0 atom stereocenters. The molecule has 2 aliphatic rings. The van der Waals surface area contributed by atoms with Gasteiger partial charge in [-0.3, -0.25) is 5.41 Å². The third-order valence-electron chi connectivity index (χ3n) is 4.09. The molecule has 2 rings (SSSR count). The summed E-state index contributed by atoms with van der Waals surface area (Å²) >= 11 is 0. The Morgan fingerprint density at radius 3 is 2.24 bits per heavy atom. The zero-order valence-electron chi connectivity index (χ0n) is 11.0. The Hall–Kier alpha value is -0.610. The molecule has 2 fully saturated rings. The summed E-state index contributed by atoms with van der Waals surface area (Å²) in [6, 6.07) is 0. The number of nitrogens with one attached hydrogen (secondary N) is 1. The number of hydrogen-bond acceptors (Lipinski definition) is 3. The predicted molar refractivity (Wildman–Crippen MR) is 71.4 cm³/mol. The van der Waals surface area contributed by atoms with E-state index in [0.717, 1.165) is 13.0 Å². The molecule has 0 radical (unpaired) electrons. The molecule has 0 bridgehead atoms. The zero-order valence-corrected chi connectivity index (χ0v) is 11.0. The van der Waals surface area contributed by atoms with Crippen LogP contribution in [0.15, 0.2) is 0 Å². The minimum absolute atomic E-state index is 0.368. The summed E-state index contributed by atoms with van der Waals surface area (Å²) in [5, 5.41) is 7.45. The normalized spacial score (nSPS) is 24.8. The highest BCUT2D eigenvalue weighted by molar-refractivity contribution is 5.78. The van der Waals surface area contributed by atoms with Gasteiger partial charge in [0.15, 0.2) is 0 Å². The summed E-state index contributed by atoms with van der Waals surface area (Å²) in [6.07, 6.45) is 4.60. The van der Waals surface area contributed by atoms with Crippen LogP contribution in [0, 0.1) is 10.8 Å². The Bertz CT molecular complexity index is 265. The molecule has 1 saturated heterocycles. The number of nitrogens with zero attached hydrogens (tertiary/aromatic N) is 2. The Kier molecular flexibility index (Phi) is 4.05. The molecular formula is C13H26N4. The van der Waals surface area contributed by atoms with E-state index in [2.05, 4.69) is 16.7 Å². The fourth-order valence-corrected chi connectivity index (χ4v) is 2.93. The highest BCUT2D eigenvalue weighted by Gasteiger charge is 2.44. The Morgan fingerprint density at radius 1 is 1.18 bits per heavy atom. The first-order chi connectivity index (χ1) is 8.13. The summed E-state index contributed by atoms with van der Waals surface area (Å²) in [5.74, 6) is 0.368. The van der Waals surface area contributed by atoms with Crippen LogP contribution in [0.3, 0.4) is 0 Å². The molecule has 17 heavy (non-hydrogen) atoms. The topological polar surface area (TPSA) is 56.4 Å². The van der Waals surface area contributed by atoms with Gasteiger partial charge in [0.2, 0.25) is 0 Å². The molecule has 1 saturated carbocycles. The Morgan fingerprint density at radius 2 is 1.76 bits per heavy atom. The average molecular weight is 238 g/mol. The van der Waals surface area contributed by atoms with Crippen molar-refractivity contribution in [1.29, 1.82) is 5.41 Å². The van der Waals surface area contributed by atoms with Crippen molar-refractivity contribution < 1.29 is 0 Å². The molecule has 0 aromatic carbocycles. The smallest absolute Gasteiger partial charge is 0.0911 e. The van der Waals surface area contributed by atoms with Crippen molar-refractivity contribution in [3.63, 3.8) is 0 Å². The first-order valence-electron chi connectivity index (χ1n) is 6.91. The summed E-state index contributed by atoms with van der Waals surface area (Å²) in [4.78, 5) is 5.13. The van der Waals surface area contributed by atoms with Crippen molar-refractivity contribution in [2.45, 2.75) is 32.6 Å². The molecule has 0 unspecified atom stereocenters. The number of hydrogen-bond donors (Lipinski definition) is 2. The van der Waals surface area contributed by atoms with Crippen molar-refractivity contribution >= 4 is 5.84 Å². The van der Waals surface area contributed by atoms with Crippen LogP contribution in [0.1, 0.15) is 32.6 Å². The van der Waals surface area contributed by atoms with Gasteiger partial charge in [-0.2, -0.15) is 0 Å². The summed E-state index contributed by atoms with van der Waals surface area (Å²) in [7, 11) is 0. The van der Waals surface area contributed by atoms with E-state index >= 15 is 0 Å². The van der Waals surface area contributed by atoms with Crippen LogP contribution in [0.5, 0.6) is 0 Å². The van der Waals surface area contributed by atoms with Crippen LogP contribution in [-0.2, 0) is 0 Å². The maximum absolute atomic E-state index is 7.45. The van der Waals surface area contributed by atoms with Crippen molar-refractivity contribution in [2.24, 2.45) is 11.1 Å². The summed E-state index contributed by atoms with van der Waals surface area (Å²) < 4.78 is 0. The van der Waals surface area contributed by atoms with Gasteiger partial charge in [-0.25, -0.2) is 0 Å². The third-order valence-corrected chi connectivity index (χ3v) is 4.09. The minimum atomic E-state index is 0.368. The van der Waals surface area contributed by atoms with Crippen LogP contribution in [-0.4, -0.2) is 54.9 Å². The van der Waals surface area contributed by atoms with E-state index in [4.69, 9.17) is 11.1 Å². The monoisotopic (exact) mass is 238 g/mol. The quantitative estimate of drug-likeness (QED) is 0.538. The molecule has 0 spiro atoms. The number of amidine groups is 1. The molecular weight excluding hydrogens is 212 g/mol. The molecule has 1 aliphatic heterocycles. The zero-order chi connectivity index (χ0) is 12.3. The minimum Gasteiger partial charge on any atom is -0.388 e. The van der Waals surface area contributed by atoms with Crippen molar-refractivity contribution in [2.75, 3.05) is 39.3 Å². The summed E-state index contributed by atoms with van der Waals surface area (Å²) in [6.45, 7) is 9.46. The SMILES string of the molecule is CCCN1CCN(CC2(CC(=N)N)CC2)CC1. The van der Waals surface area contributed by atoms with Gasteiger partial charge in [0.05, 0.1) is 5.84 Å². The number of piperazine rings is 1. The van der Waals surface area contributed by atoms with Gasteiger partial charge in [-0.15, -0.1) is 0 Å². The predicted octanol–water partition coefficient (Wildman–Crippen LogP) is 1.12. The fraction of sp³-hybridized carbons (Fsp3) is 0.923. The average Bonchev–Trinajstić information content (AvgIpc) is 3.00. The fourth-order valence-electron chi connectivity index (χ4n) is 2.93. The third kappa shape index (κ3) is 3.68. The molecule has 98 valence electrons. The lowest BCUT2D eigenvalue weighted by Crippen LogP contribution is -2.48. The van der Waals surface area contributed by atoms with Crippen LogP contribution < -0.4 is 5.73 Å². The Labute approximate surface area is 105 Å². The van der Waals surface area contributed by atoms with E-state index in [1.54, 1.807) is 0 Å². The van der Waals surface area contributed by atoms with E-state index < -0.39 is 0 Å². The number of rotatable bonds is 6. The highest BCUT2D eigenvalue weighted by Crippen LogP contribution is 2.49. The Balaban J connectivity index is 1.73. The maximum atomic E-state index is 7.45. The lowest BCUT2D eigenvalue weighted by molar-refractivity contribution is 0.114.